The maximum Gasteiger partial charge on any atom is 0.428 e. The lowest BCUT2D eigenvalue weighted by Crippen LogP contribution is -2.12. The lowest BCUT2D eigenvalue weighted by atomic mass is 10.1. The first-order valence-electron chi connectivity index (χ1n) is 3.65. The van der Waals surface area contributed by atoms with Crippen molar-refractivity contribution in [2.45, 2.75) is 0 Å². The zero-order valence-electron chi connectivity index (χ0n) is 6.84. The maximum atomic E-state index is 10.9. The molecule has 2 rings (SSSR count). The van der Waals surface area contributed by atoms with Gasteiger partial charge in [0.05, 0.1) is 17.8 Å². The van der Waals surface area contributed by atoms with E-state index in [4.69, 9.17) is 5.26 Å². The molecule has 0 fully saturated rings. The van der Waals surface area contributed by atoms with Crippen LogP contribution in [0.3, 0.4) is 0 Å². The third-order valence-corrected chi connectivity index (χ3v) is 2.41. The summed E-state index contributed by atoms with van der Waals surface area (Å²) in [5, 5.41) is 8.59. The summed E-state index contributed by atoms with van der Waals surface area (Å²) in [6.07, 6.45) is 1.16. The van der Waals surface area contributed by atoms with Crippen molar-refractivity contribution in [3.63, 3.8) is 0 Å². The van der Waals surface area contributed by atoms with Crippen LogP contribution < -0.4 is 4.18 Å². The largest absolute Gasteiger partial charge is 0.428 e. The predicted molar refractivity (Wildman–Crippen MR) is 48.3 cm³/mol. The highest BCUT2D eigenvalue weighted by molar-refractivity contribution is 7.86. The van der Waals surface area contributed by atoms with Crippen LogP contribution in [-0.2, 0) is 10.3 Å². The zero-order valence-corrected chi connectivity index (χ0v) is 7.65. The molecule has 1 aliphatic heterocycles. The van der Waals surface area contributed by atoms with Crippen molar-refractivity contribution in [2.24, 2.45) is 4.40 Å². The van der Waals surface area contributed by atoms with Crippen molar-refractivity contribution in [2.75, 3.05) is 0 Å². The van der Waals surface area contributed by atoms with Gasteiger partial charge in [0.2, 0.25) is 0 Å². The van der Waals surface area contributed by atoms with Crippen LogP contribution in [0.1, 0.15) is 11.1 Å². The van der Waals surface area contributed by atoms with E-state index in [-0.39, 0.29) is 5.75 Å². The zero-order chi connectivity index (χ0) is 10.2. The second-order valence-corrected chi connectivity index (χ2v) is 3.84. The van der Waals surface area contributed by atoms with E-state index in [1.54, 1.807) is 0 Å². The van der Waals surface area contributed by atoms with Crippen molar-refractivity contribution >= 4 is 16.5 Å². The van der Waals surface area contributed by atoms with Crippen LogP contribution in [0, 0.1) is 11.3 Å². The normalized spacial score (nSPS) is 16.5. The van der Waals surface area contributed by atoms with Crippen LogP contribution in [0.25, 0.3) is 0 Å². The molecule has 70 valence electrons. The summed E-state index contributed by atoms with van der Waals surface area (Å²) < 4.78 is 29.5. The smallest absolute Gasteiger partial charge is 0.365 e. The van der Waals surface area contributed by atoms with Crippen molar-refractivity contribution in [3.8, 4) is 11.8 Å². The number of nitrogens with zero attached hydrogens (tertiary/aromatic N) is 2. The summed E-state index contributed by atoms with van der Waals surface area (Å²) >= 11 is 0. The maximum absolute atomic E-state index is 10.9. The lowest BCUT2D eigenvalue weighted by Gasteiger charge is -2.10. The Bertz CT molecular complexity index is 554. The number of rotatable bonds is 0. The molecular weight excluding hydrogens is 204 g/mol. The van der Waals surface area contributed by atoms with Crippen molar-refractivity contribution in [3.05, 3.63) is 29.3 Å². The fourth-order valence-corrected chi connectivity index (χ4v) is 1.72. The second kappa shape index (κ2) is 2.82. The van der Waals surface area contributed by atoms with Gasteiger partial charge < -0.3 is 4.18 Å². The Hall–Kier alpha value is -1.87. The first kappa shape index (κ1) is 8.72. The van der Waals surface area contributed by atoms with Gasteiger partial charge in [-0.2, -0.15) is 13.7 Å². The molecule has 1 aliphatic rings. The predicted octanol–water partition coefficient (Wildman–Crippen LogP) is 0.614. The minimum absolute atomic E-state index is 0.194. The minimum Gasteiger partial charge on any atom is -0.365 e. The van der Waals surface area contributed by atoms with Crippen molar-refractivity contribution in [1.29, 1.82) is 5.26 Å². The molecule has 1 aromatic carbocycles. The van der Waals surface area contributed by atoms with E-state index in [2.05, 4.69) is 8.58 Å². The van der Waals surface area contributed by atoms with Crippen LogP contribution in [0.5, 0.6) is 5.75 Å². The Labute approximate surface area is 80.5 Å². The molecule has 0 radical (unpaired) electrons. The number of hydrogen-bond acceptors (Lipinski definition) is 4. The molecule has 5 nitrogen and oxygen atoms in total. The molecule has 6 heteroatoms. The van der Waals surface area contributed by atoms with Gasteiger partial charge in [-0.15, -0.1) is 4.40 Å². The first-order chi connectivity index (χ1) is 6.61. The van der Waals surface area contributed by atoms with Gasteiger partial charge in [-0.1, -0.05) is 0 Å². The van der Waals surface area contributed by atoms with E-state index in [1.807, 2.05) is 6.07 Å². The van der Waals surface area contributed by atoms with Gasteiger partial charge in [0, 0.05) is 5.56 Å². The molecule has 0 aromatic heterocycles. The van der Waals surface area contributed by atoms with Crippen LogP contribution in [-0.4, -0.2) is 14.6 Å². The Morgan fingerprint density at radius 1 is 1.43 bits per heavy atom. The summed E-state index contributed by atoms with van der Waals surface area (Å²) in [6, 6.07) is 6.35. The third kappa shape index (κ3) is 1.45. The van der Waals surface area contributed by atoms with Crippen molar-refractivity contribution in [1.82, 2.24) is 0 Å². The summed E-state index contributed by atoms with van der Waals surface area (Å²) in [6.45, 7) is 0. The monoisotopic (exact) mass is 208 g/mol. The highest BCUT2D eigenvalue weighted by atomic mass is 32.2. The van der Waals surface area contributed by atoms with Crippen LogP contribution >= 0.6 is 0 Å². The van der Waals surface area contributed by atoms with Crippen LogP contribution in [0.4, 0.5) is 0 Å². The molecule has 14 heavy (non-hydrogen) atoms. The highest BCUT2D eigenvalue weighted by Gasteiger charge is 2.18. The third-order valence-electron chi connectivity index (χ3n) is 1.65. The van der Waals surface area contributed by atoms with E-state index >= 15 is 0 Å². The summed E-state index contributed by atoms with van der Waals surface area (Å²) in [7, 11) is -3.83. The van der Waals surface area contributed by atoms with Gasteiger partial charge in [0.15, 0.2) is 5.75 Å². The fraction of sp³-hybridized carbons (Fsp3) is 0. The van der Waals surface area contributed by atoms with Gasteiger partial charge in [-0.25, -0.2) is 0 Å². The quantitative estimate of drug-likeness (QED) is 0.625. The van der Waals surface area contributed by atoms with Crippen LogP contribution in [0.2, 0.25) is 0 Å². The van der Waals surface area contributed by atoms with Gasteiger partial charge in [0.25, 0.3) is 0 Å². The average molecular weight is 208 g/mol. The number of benzene rings is 1. The van der Waals surface area contributed by atoms with Gasteiger partial charge in [-0.3, -0.25) is 0 Å². The molecule has 0 saturated heterocycles. The molecule has 0 amide bonds. The molecule has 0 spiro atoms. The standard InChI is InChI=1S/C8H4N2O3S/c9-4-6-1-2-8-7(3-6)5-10-14(11,12)13-8/h1-3,5H. The lowest BCUT2D eigenvalue weighted by molar-refractivity contribution is 0.485. The van der Waals surface area contributed by atoms with E-state index < -0.39 is 10.3 Å². The second-order valence-electron chi connectivity index (χ2n) is 2.61. The van der Waals surface area contributed by atoms with Gasteiger partial charge in [-0.05, 0) is 18.2 Å². The van der Waals surface area contributed by atoms with E-state index in [0.29, 0.717) is 11.1 Å². The Kier molecular flexibility index (Phi) is 1.75. The number of fused-ring (bicyclic) bond motifs is 1. The molecule has 0 aliphatic carbocycles. The molecule has 0 bridgehead atoms. The average Bonchev–Trinajstić information content (AvgIpc) is 2.16. The Morgan fingerprint density at radius 2 is 2.21 bits per heavy atom. The number of hydrogen-bond donors (Lipinski definition) is 0. The summed E-state index contributed by atoms with van der Waals surface area (Å²) in [5.74, 6) is 0.194. The molecule has 0 atom stereocenters. The topological polar surface area (TPSA) is 79.5 Å². The summed E-state index contributed by atoms with van der Waals surface area (Å²) in [5.41, 5.74) is 0.914. The molecular formula is C8H4N2O3S. The molecule has 0 saturated carbocycles. The van der Waals surface area contributed by atoms with E-state index in [0.717, 1.165) is 6.21 Å². The Balaban J connectivity index is 2.58. The molecule has 1 heterocycles. The summed E-state index contributed by atoms with van der Waals surface area (Å²) in [4.78, 5) is 0. The fourth-order valence-electron chi connectivity index (χ4n) is 1.05. The minimum atomic E-state index is -3.83. The Morgan fingerprint density at radius 3 is 2.93 bits per heavy atom. The molecule has 1 aromatic rings. The van der Waals surface area contributed by atoms with Gasteiger partial charge >= 0.3 is 10.3 Å². The highest BCUT2D eigenvalue weighted by Crippen LogP contribution is 2.23. The first-order valence-corrected chi connectivity index (χ1v) is 5.01. The number of nitriles is 1. The molecule has 0 N–H and O–H groups in total. The SMILES string of the molecule is N#Cc1ccc2c(c1)C=NS(=O)(=O)O2. The van der Waals surface area contributed by atoms with Crippen LogP contribution in [0.15, 0.2) is 22.6 Å². The molecule has 0 unspecified atom stereocenters. The van der Waals surface area contributed by atoms with Crippen molar-refractivity contribution < 1.29 is 12.6 Å². The van der Waals surface area contributed by atoms with E-state index in [9.17, 15) is 8.42 Å². The van der Waals surface area contributed by atoms with Gasteiger partial charge in [0.1, 0.15) is 0 Å². The van der Waals surface area contributed by atoms with E-state index in [1.165, 1.54) is 18.2 Å².